The normalized spacial score (nSPS) is 11.3. The molecule has 0 saturated carbocycles. The van der Waals surface area contributed by atoms with Crippen LogP contribution < -0.4 is 9.62 Å². The number of benzene rings is 2. The predicted octanol–water partition coefficient (Wildman–Crippen LogP) is 4.88. The highest BCUT2D eigenvalue weighted by molar-refractivity contribution is 7.92. The number of nitrogens with one attached hydrogen (secondary N) is 1. The number of hydrogen-bond donors (Lipinski definition) is 1. The van der Waals surface area contributed by atoms with E-state index in [1.807, 2.05) is 0 Å². The molecular formula is C20H24Cl2N2O3S. The highest BCUT2D eigenvalue weighted by Crippen LogP contribution is 2.29. The molecule has 0 aliphatic heterocycles. The van der Waals surface area contributed by atoms with Crippen molar-refractivity contribution in [3.8, 4) is 0 Å². The van der Waals surface area contributed by atoms with Crippen LogP contribution in [0.15, 0.2) is 42.5 Å². The van der Waals surface area contributed by atoms with Crippen molar-refractivity contribution in [2.45, 2.75) is 32.7 Å². The van der Waals surface area contributed by atoms with Crippen LogP contribution >= 0.6 is 23.2 Å². The van der Waals surface area contributed by atoms with E-state index in [-0.39, 0.29) is 12.5 Å². The van der Waals surface area contributed by atoms with Gasteiger partial charge in [-0.05, 0) is 42.8 Å². The van der Waals surface area contributed by atoms with Crippen LogP contribution in [0.25, 0.3) is 0 Å². The minimum Gasteiger partial charge on any atom is -0.352 e. The lowest BCUT2D eigenvalue weighted by Crippen LogP contribution is -2.30. The van der Waals surface area contributed by atoms with E-state index in [0.717, 1.165) is 25.5 Å². The maximum absolute atomic E-state index is 12.3. The Kier molecular flexibility index (Phi) is 8.16. The molecule has 1 N–H and O–H groups in total. The summed E-state index contributed by atoms with van der Waals surface area (Å²) in [4.78, 5) is 12.2. The molecule has 2 aromatic rings. The van der Waals surface area contributed by atoms with Gasteiger partial charge in [0.1, 0.15) is 0 Å². The zero-order chi connectivity index (χ0) is 20.7. The van der Waals surface area contributed by atoms with Crippen molar-refractivity contribution in [3.63, 3.8) is 0 Å². The van der Waals surface area contributed by atoms with Crippen LogP contribution in [0, 0.1) is 0 Å². The number of anilines is 1. The SMILES string of the molecule is CCCCCNC(=O)c1ccc(N(Cc2c(Cl)cccc2Cl)S(C)(=O)=O)cc1. The maximum atomic E-state index is 12.3. The van der Waals surface area contributed by atoms with E-state index in [0.29, 0.717) is 33.4 Å². The number of carbonyl (C=O) groups excluding carboxylic acids is 1. The van der Waals surface area contributed by atoms with Gasteiger partial charge in [-0.2, -0.15) is 0 Å². The van der Waals surface area contributed by atoms with E-state index in [4.69, 9.17) is 23.2 Å². The standard InChI is InChI=1S/C20H24Cl2N2O3S/c1-3-4-5-13-23-20(25)15-9-11-16(12-10-15)24(28(2,26)27)14-17-18(21)7-6-8-19(17)22/h6-12H,3-5,13-14H2,1-2H3,(H,23,25). The summed E-state index contributed by atoms with van der Waals surface area (Å²) in [7, 11) is -3.59. The number of amides is 1. The molecule has 0 radical (unpaired) electrons. The van der Waals surface area contributed by atoms with E-state index in [1.165, 1.54) is 4.31 Å². The second-order valence-electron chi connectivity index (χ2n) is 6.48. The van der Waals surface area contributed by atoms with Crippen molar-refractivity contribution in [3.05, 3.63) is 63.6 Å². The third kappa shape index (κ3) is 6.12. The Morgan fingerprint density at radius 2 is 1.64 bits per heavy atom. The second kappa shape index (κ2) is 10.1. The van der Waals surface area contributed by atoms with Crippen LogP contribution in [0.1, 0.15) is 42.1 Å². The van der Waals surface area contributed by atoms with Crippen LogP contribution in [-0.2, 0) is 16.6 Å². The number of nitrogens with zero attached hydrogens (tertiary/aromatic N) is 1. The van der Waals surface area contributed by atoms with Gasteiger partial charge < -0.3 is 5.32 Å². The average Bonchev–Trinajstić information content (AvgIpc) is 2.64. The number of rotatable bonds is 9. The summed E-state index contributed by atoms with van der Waals surface area (Å²) >= 11 is 12.4. The molecule has 0 fully saturated rings. The van der Waals surface area contributed by atoms with E-state index in [1.54, 1.807) is 42.5 Å². The van der Waals surface area contributed by atoms with Crippen molar-refractivity contribution >= 4 is 44.8 Å². The highest BCUT2D eigenvalue weighted by Gasteiger charge is 2.21. The number of carbonyl (C=O) groups is 1. The molecule has 8 heteroatoms. The third-order valence-electron chi connectivity index (χ3n) is 4.25. The molecule has 152 valence electrons. The molecule has 0 bridgehead atoms. The summed E-state index contributed by atoms with van der Waals surface area (Å²) in [5, 5.41) is 3.65. The average molecular weight is 443 g/mol. The lowest BCUT2D eigenvalue weighted by molar-refractivity contribution is 0.0953. The van der Waals surface area contributed by atoms with Crippen molar-refractivity contribution in [1.29, 1.82) is 0 Å². The fourth-order valence-electron chi connectivity index (χ4n) is 2.69. The van der Waals surface area contributed by atoms with E-state index >= 15 is 0 Å². The van der Waals surface area contributed by atoms with Crippen LogP contribution in [-0.4, -0.2) is 27.1 Å². The van der Waals surface area contributed by atoms with Gasteiger partial charge in [0.05, 0.1) is 18.5 Å². The summed E-state index contributed by atoms with van der Waals surface area (Å²) in [5.74, 6) is -0.178. The molecule has 5 nitrogen and oxygen atoms in total. The van der Waals surface area contributed by atoms with Crippen molar-refractivity contribution < 1.29 is 13.2 Å². The summed E-state index contributed by atoms with van der Waals surface area (Å²) in [5.41, 5.74) is 1.43. The molecule has 0 aliphatic carbocycles. The zero-order valence-electron chi connectivity index (χ0n) is 15.9. The van der Waals surface area contributed by atoms with Gasteiger partial charge in [-0.25, -0.2) is 8.42 Å². The summed E-state index contributed by atoms with van der Waals surface area (Å²) in [6.07, 6.45) is 4.20. The fraction of sp³-hybridized carbons (Fsp3) is 0.350. The van der Waals surface area contributed by atoms with Crippen LogP contribution in [0.5, 0.6) is 0 Å². The molecule has 0 aromatic heterocycles. The molecule has 0 heterocycles. The quantitative estimate of drug-likeness (QED) is 0.562. The van der Waals surface area contributed by atoms with Gasteiger partial charge in [-0.3, -0.25) is 9.10 Å². The smallest absolute Gasteiger partial charge is 0.251 e. The lowest BCUT2D eigenvalue weighted by Gasteiger charge is -2.23. The zero-order valence-corrected chi connectivity index (χ0v) is 18.2. The first-order valence-electron chi connectivity index (χ1n) is 9.03. The first-order chi connectivity index (χ1) is 13.2. The molecule has 28 heavy (non-hydrogen) atoms. The molecule has 2 rings (SSSR count). The highest BCUT2D eigenvalue weighted by atomic mass is 35.5. The number of sulfonamides is 1. The maximum Gasteiger partial charge on any atom is 0.251 e. The molecule has 0 unspecified atom stereocenters. The predicted molar refractivity (Wildman–Crippen MR) is 116 cm³/mol. The fourth-order valence-corrected chi connectivity index (χ4v) is 4.07. The van der Waals surface area contributed by atoms with Gasteiger partial charge in [0, 0.05) is 27.7 Å². The Bertz CT molecular complexity index is 895. The van der Waals surface area contributed by atoms with E-state index in [9.17, 15) is 13.2 Å². The Hall–Kier alpha value is -1.76. The van der Waals surface area contributed by atoms with Crippen LogP contribution in [0.3, 0.4) is 0 Å². The van der Waals surface area contributed by atoms with Gasteiger partial charge in [0.15, 0.2) is 0 Å². The molecule has 0 aliphatic rings. The number of unbranched alkanes of at least 4 members (excludes halogenated alkanes) is 2. The molecule has 2 aromatic carbocycles. The molecule has 0 atom stereocenters. The van der Waals surface area contributed by atoms with Gasteiger partial charge in [0.2, 0.25) is 10.0 Å². The summed E-state index contributed by atoms with van der Waals surface area (Å²) < 4.78 is 25.9. The van der Waals surface area contributed by atoms with Gasteiger partial charge in [-0.15, -0.1) is 0 Å². The van der Waals surface area contributed by atoms with Crippen molar-refractivity contribution in [2.24, 2.45) is 0 Å². The van der Waals surface area contributed by atoms with Crippen LogP contribution in [0.4, 0.5) is 5.69 Å². The van der Waals surface area contributed by atoms with Gasteiger partial charge in [0.25, 0.3) is 5.91 Å². The van der Waals surface area contributed by atoms with Crippen LogP contribution in [0.2, 0.25) is 10.0 Å². The Morgan fingerprint density at radius 3 is 2.18 bits per heavy atom. The van der Waals surface area contributed by atoms with Gasteiger partial charge in [-0.1, -0.05) is 49.0 Å². The molecule has 0 spiro atoms. The number of halogens is 2. The minimum atomic E-state index is -3.59. The Balaban J connectivity index is 2.20. The van der Waals surface area contributed by atoms with E-state index in [2.05, 4.69) is 12.2 Å². The van der Waals surface area contributed by atoms with Crippen molar-refractivity contribution in [2.75, 3.05) is 17.1 Å². The van der Waals surface area contributed by atoms with Crippen molar-refractivity contribution in [1.82, 2.24) is 5.32 Å². The minimum absolute atomic E-state index is 0.0000984. The molecular weight excluding hydrogens is 419 g/mol. The summed E-state index contributed by atoms with van der Waals surface area (Å²) in [6.45, 7) is 2.72. The van der Waals surface area contributed by atoms with Gasteiger partial charge >= 0.3 is 0 Å². The third-order valence-corrected chi connectivity index (χ3v) is 6.10. The van der Waals surface area contributed by atoms with E-state index < -0.39 is 10.0 Å². The summed E-state index contributed by atoms with van der Waals surface area (Å²) in [6, 6.07) is 11.4. The largest absolute Gasteiger partial charge is 0.352 e. The molecule has 1 amide bonds. The second-order valence-corrected chi connectivity index (χ2v) is 9.20. The first kappa shape index (κ1) is 22.5. The molecule has 0 saturated heterocycles. The Morgan fingerprint density at radius 1 is 1.04 bits per heavy atom. The lowest BCUT2D eigenvalue weighted by atomic mass is 10.1. The monoisotopic (exact) mass is 442 g/mol. The first-order valence-corrected chi connectivity index (χ1v) is 11.6. The Labute approximate surface area is 176 Å². The number of hydrogen-bond acceptors (Lipinski definition) is 3. The topological polar surface area (TPSA) is 66.5 Å².